The van der Waals surface area contributed by atoms with Gasteiger partial charge in [0.05, 0.1) is 23.3 Å². The molecule has 0 aliphatic carbocycles. The minimum absolute atomic E-state index is 0.0472. The van der Waals surface area contributed by atoms with E-state index >= 15 is 0 Å². The zero-order chi connectivity index (χ0) is 24.2. The molecular weight excluding hydrogens is 482 g/mol. The highest BCUT2D eigenvalue weighted by Gasteiger charge is 2.17. The SMILES string of the molecule is COc1ccc(Cl)cc1-c1nc(S/C(=C\c2cccn2-c2cccc([N+](=O)[O-])c2)C(=O)O)n[nH]1. The fraction of sp³-hybridized carbons (Fsp3) is 0.0455. The highest BCUT2D eigenvalue weighted by atomic mass is 35.5. The molecule has 0 spiro atoms. The zero-order valence-electron chi connectivity index (χ0n) is 17.5. The number of H-pyrrole nitrogens is 1. The molecule has 172 valence electrons. The van der Waals surface area contributed by atoms with Gasteiger partial charge in [-0.05, 0) is 54.2 Å². The van der Waals surface area contributed by atoms with Gasteiger partial charge in [0.1, 0.15) is 10.7 Å². The Balaban J connectivity index is 1.65. The molecule has 0 radical (unpaired) electrons. The summed E-state index contributed by atoms with van der Waals surface area (Å²) in [7, 11) is 1.51. The van der Waals surface area contributed by atoms with Crippen molar-refractivity contribution in [1.82, 2.24) is 19.7 Å². The largest absolute Gasteiger partial charge is 0.496 e. The van der Waals surface area contributed by atoms with E-state index in [9.17, 15) is 20.0 Å². The summed E-state index contributed by atoms with van der Waals surface area (Å²) in [5, 5.41) is 28.4. The lowest BCUT2D eigenvalue weighted by Crippen LogP contribution is -2.00. The van der Waals surface area contributed by atoms with Crippen LogP contribution in [-0.4, -0.2) is 42.9 Å². The van der Waals surface area contributed by atoms with E-state index in [1.54, 1.807) is 53.2 Å². The predicted octanol–water partition coefficient (Wildman–Crippen LogP) is 5.05. The number of aliphatic carboxylic acids is 1. The molecule has 2 aromatic heterocycles. The average Bonchev–Trinajstić information content (AvgIpc) is 3.48. The average molecular weight is 498 g/mol. The lowest BCUT2D eigenvalue weighted by atomic mass is 10.2. The normalized spacial score (nSPS) is 11.4. The van der Waals surface area contributed by atoms with Gasteiger partial charge in [0.2, 0.25) is 5.16 Å². The molecule has 2 aromatic carbocycles. The Morgan fingerprint density at radius 1 is 1.26 bits per heavy atom. The second-order valence-corrected chi connectivity index (χ2v) is 8.25. The van der Waals surface area contributed by atoms with Crippen molar-refractivity contribution in [3.8, 4) is 22.8 Å². The number of carboxylic acids is 1. The van der Waals surface area contributed by atoms with Crippen LogP contribution in [0.1, 0.15) is 5.69 Å². The predicted molar refractivity (Wildman–Crippen MR) is 127 cm³/mol. The van der Waals surface area contributed by atoms with Gasteiger partial charge in [-0.25, -0.2) is 9.78 Å². The van der Waals surface area contributed by atoms with Crippen molar-refractivity contribution in [3.05, 3.63) is 86.5 Å². The number of ether oxygens (including phenoxy) is 1. The molecule has 0 atom stereocenters. The molecule has 34 heavy (non-hydrogen) atoms. The smallest absolute Gasteiger partial charge is 0.342 e. The van der Waals surface area contributed by atoms with Crippen LogP contribution in [-0.2, 0) is 4.79 Å². The zero-order valence-corrected chi connectivity index (χ0v) is 19.1. The van der Waals surface area contributed by atoms with Crippen molar-refractivity contribution in [2.75, 3.05) is 7.11 Å². The number of nitrogens with one attached hydrogen (secondary N) is 1. The molecule has 0 unspecified atom stereocenters. The molecule has 0 saturated carbocycles. The number of aromatic amines is 1. The summed E-state index contributed by atoms with van der Waals surface area (Å²) in [5.41, 5.74) is 1.54. The third kappa shape index (κ3) is 4.95. The number of carboxylic acid groups (broad SMARTS) is 1. The molecular formula is C22H16ClN5O5S. The van der Waals surface area contributed by atoms with Gasteiger partial charge in [0.25, 0.3) is 5.69 Å². The van der Waals surface area contributed by atoms with Gasteiger partial charge in [-0.15, -0.1) is 5.10 Å². The second kappa shape index (κ2) is 9.81. The van der Waals surface area contributed by atoms with E-state index in [0.717, 1.165) is 11.8 Å². The number of thioether (sulfide) groups is 1. The van der Waals surface area contributed by atoms with Crippen LogP contribution in [0.25, 0.3) is 23.2 Å². The molecule has 0 aliphatic heterocycles. The van der Waals surface area contributed by atoms with Gasteiger partial charge in [-0.1, -0.05) is 17.7 Å². The van der Waals surface area contributed by atoms with Gasteiger partial charge in [0.15, 0.2) is 5.82 Å². The molecule has 0 aliphatic rings. The Labute approximate surface area is 202 Å². The summed E-state index contributed by atoms with van der Waals surface area (Å²) in [6.07, 6.45) is 3.13. The number of nitro benzene ring substituents is 1. The van der Waals surface area contributed by atoms with E-state index < -0.39 is 10.9 Å². The standard InChI is InChI=1S/C22H16ClN5O5S/c1-33-18-8-7-13(23)10-17(18)20-24-22(26-25-20)34-19(21(29)30)12-15-6-3-9-27(15)14-4-2-5-16(11-14)28(31)32/h2-12H,1H3,(H,29,30)(H,24,25,26)/b19-12-. The van der Waals surface area contributed by atoms with Crippen LogP contribution in [0, 0.1) is 10.1 Å². The van der Waals surface area contributed by atoms with Gasteiger partial charge in [-0.3, -0.25) is 15.2 Å². The number of hydrogen-bond donors (Lipinski definition) is 2. The van der Waals surface area contributed by atoms with E-state index in [2.05, 4.69) is 15.2 Å². The fourth-order valence-electron chi connectivity index (χ4n) is 3.15. The second-order valence-electron chi connectivity index (χ2n) is 6.81. The van der Waals surface area contributed by atoms with Crippen LogP contribution in [0.3, 0.4) is 0 Å². The first-order chi connectivity index (χ1) is 16.4. The Morgan fingerprint density at radius 3 is 2.82 bits per heavy atom. The first-order valence-corrected chi connectivity index (χ1v) is 10.9. The highest BCUT2D eigenvalue weighted by Crippen LogP contribution is 2.33. The summed E-state index contributed by atoms with van der Waals surface area (Å²) < 4.78 is 6.98. The van der Waals surface area contributed by atoms with Crippen LogP contribution in [0.2, 0.25) is 5.02 Å². The van der Waals surface area contributed by atoms with Gasteiger partial charge in [-0.2, -0.15) is 0 Å². The minimum Gasteiger partial charge on any atom is -0.496 e. The van der Waals surface area contributed by atoms with E-state index in [-0.39, 0.29) is 15.7 Å². The summed E-state index contributed by atoms with van der Waals surface area (Å²) in [5.74, 6) is -0.282. The number of benzene rings is 2. The number of rotatable bonds is 8. The Morgan fingerprint density at radius 2 is 2.09 bits per heavy atom. The van der Waals surface area contributed by atoms with Gasteiger partial charge in [0, 0.05) is 29.0 Å². The molecule has 12 heteroatoms. The lowest BCUT2D eigenvalue weighted by molar-refractivity contribution is -0.384. The molecule has 0 fully saturated rings. The molecule has 4 rings (SSSR count). The van der Waals surface area contributed by atoms with E-state index in [1.807, 2.05) is 0 Å². The third-order valence-electron chi connectivity index (χ3n) is 4.67. The van der Waals surface area contributed by atoms with Crippen LogP contribution >= 0.6 is 23.4 Å². The number of nitro groups is 1. The number of hydrogen-bond acceptors (Lipinski definition) is 7. The van der Waals surface area contributed by atoms with E-state index in [1.165, 1.54) is 25.3 Å². The quantitative estimate of drug-likeness (QED) is 0.149. The molecule has 0 amide bonds. The number of nitrogens with zero attached hydrogens (tertiary/aromatic N) is 4. The topological polar surface area (TPSA) is 136 Å². The molecule has 4 aromatic rings. The van der Waals surface area contributed by atoms with Crippen LogP contribution in [0.5, 0.6) is 5.75 Å². The number of methoxy groups -OCH3 is 1. The third-order valence-corrected chi connectivity index (χ3v) is 5.78. The molecule has 0 saturated heterocycles. The number of aromatic nitrogens is 4. The number of halogens is 1. The number of non-ortho nitro benzene ring substituents is 1. The highest BCUT2D eigenvalue weighted by molar-refractivity contribution is 8.04. The van der Waals surface area contributed by atoms with E-state index in [0.29, 0.717) is 33.5 Å². The fourth-order valence-corrected chi connectivity index (χ4v) is 4.01. The first kappa shape index (κ1) is 23.1. The maximum atomic E-state index is 12.0. The van der Waals surface area contributed by atoms with Crippen LogP contribution in [0.15, 0.2) is 70.9 Å². The number of carbonyl (C=O) groups is 1. The Bertz CT molecular complexity index is 1410. The summed E-state index contributed by atoms with van der Waals surface area (Å²) in [6.45, 7) is 0. The molecule has 10 nitrogen and oxygen atoms in total. The van der Waals surface area contributed by atoms with Crippen molar-refractivity contribution >= 4 is 41.1 Å². The Kier molecular flexibility index (Phi) is 6.66. The monoisotopic (exact) mass is 497 g/mol. The summed E-state index contributed by atoms with van der Waals surface area (Å²) in [6, 6.07) is 14.5. The van der Waals surface area contributed by atoms with Crippen molar-refractivity contribution in [1.29, 1.82) is 0 Å². The van der Waals surface area contributed by atoms with Crippen LogP contribution < -0.4 is 4.74 Å². The minimum atomic E-state index is -1.18. The Hall–Kier alpha value is -4.09. The molecule has 0 bridgehead atoms. The molecule has 2 heterocycles. The van der Waals surface area contributed by atoms with E-state index in [4.69, 9.17) is 16.3 Å². The van der Waals surface area contributed by atoms with Crippen molar-refractivity contribution < 1.29 is 19.6 Å². The van der Waals surface area contributed by atoms with Crippen molar-refractivity contribution in [2.24, 2.45) is 0 Å². The summed E-state index contributed by atoms with van der Waals surface area (Å²) in [4.78, 5) is 26.9. The summed E-state index contributed by atoms with van der Waals surface area (Å²) >= 11 is 6.93. The van der Waals surface area contributed by atoms with Crippen molar-refractivity contribution in [2.45, 2.75) is 5.16 Å². The molecule has 2 N–H and O–H groups in total. The van der Waals surface area contributed by atoms with Gasteiger partial charge >= 0.3 is 5.97 Å². The first-order valence-electron chi connectivity index (χ1n) is 9.67. The van der Waals surface area contributed by atoms with Gasteiger partial charge < -0.3 is 14.4 Å². The lowest BCUT2D eigenvalue weighted by Gasteiger charge is -2.07. The van der Waals surface area contributed by atoms with Crippen LogP contribution in [0.4, 0.5) is 5.69 Å². The maximum absolute atomic E-state index is 12.0. The van der Waals surface area contributed by atoms with Crippen molar-refractivity contribution in [3.63, 3.8) is 0 Å². The maximum Gasteiger partial charge on any atom is 0.342 e.